The molecule has 0 aliphatic heterocycles. The minimum absolute atomic E-state index is 0.199. The van der Waals surface area contributed by atoms with Crippen molar-refractivity contribution in [2.45, 2.75) is 6.92 Å². The van der Waals surface area contributed by atoms with E-state index in [1.807, 2.05) is 31.2 Å². The third-order valence-electron chi connectivity index (χ3n) is 3.49. The molecule has 2 rings (SSSR count). The molecule has 2 aromatic rings. The molecule has 5 nitrogen and oxygen atoms in total. The van der Waals surface area contributed by atoms with E-state index in [1.54, 1.807) is 19.2 Å². The van der Waals surface area contributed by atoms with E-state index in [1.165, 1.54) is 17.0 Å². The summed E-state index contributed by atoms with van der Waals surface area (Å²) in [6.07, 6.45) is 0. The molecule has 0 aliphatic carbocycles. The molecule has 0 spiro atoms. The standard InChI is InChI=1S/C19H23FN2O3/c1-15-4-3-5-18(14-15)24-12-10-21-19(23)22(2)11-13-25-17-8-6-16(20)7-9-17/h3-9,14H,10-13H2,1-2H3,(H,21,23). The van der Waals surface area contributed by atoms with Gasteiger partial charge in [0.15, 0.2) is 0 Å². The molecule has 0 aromatic heterocycles. The Morgan fingerprint density at radius 3 is 2.52 bits per heavy atom. The number of aryl methyl sites for hydroxylation is 1. The predicted molar refractivity (Wildman–Crippen MR) is 94.6 cm³/mol. The number of benzene rings is 2. The monoisotopic (exact) mass is 346 g/mol. The van der Waals surface area contributed by atoms with E-state index in [-0.39, 0.29) is 11.8 Å². The van der Waals surface area contributed by atoms with E-state index in [9.17, 15) is 9.18 Å². The maximum Gasteiger partial charge on any atom is 0.317 e. The zero-order chi connectivity index (χ0) is 18.1. The molecule has 6 heteroatoms. The van der Waals surface area contributed by atoms with Gasteiger partial charge >= 0.3 is 6.03 Å². The number of ether oxygens (including phenoxy) is 2. The smallest absolute Gasteiger partial charge is 0.317 e. The number of likely N-dealkylation sites (N-methyl/N-ethyl adjacent to an activating group) is 1. The molecule has 0 atom stereocenters. The lowest BCUT2D eigenvalue weighted by atomic mass is 10.2. The lowest BCUT2D eigenvalue weighted by Crippen LogP contribution is -2.40. The molecule has 0 unspecified atom stereocenters. The van der Waals surface area contributed by atoms with Crippen molar-refractivity contribution in [3.8, 4) is 11.5 Å². The average molecular weight is 346 g/mol. The number of rotatable bonds is 8. The summed E-state index contributed by atoms with van der Waals surface area (Å²) in [6.45, 7) is 3.56. The Balaban J connectivity index is 1.60. The summed E-state index contributed by atoms with van der Waals surface area (Å²) in [6, 6.07) is 13.3. The van der Waals surface area contributed by atoms with Crippen LogP contribution in [0.5, 0.6) is 11.5 Å². The zero-order valence-corrected chi connectivity index (χ0v) is 14.5. The number of carbonyl (C=O) groups excluding carboxylic acids is 1. The van der Waals surface area contributed by atoms with Gasteiger partial charge in [0, 0.05) is 7.05 Å². The maximum atomic E-state index is 12.8. The van der Waals surface area contributed by atoms with E-state index in [0.717, 1.165) is 11.3 Å². The van der Waals surface area contributed by atoms with Gasteiger partial charge in [-0.1, -0.05) is 12.1 Å². The fourth-order valence-corrected chi connectivity index (χ4v) is 2.10. The van der Waals surface area contributed by atoms with Crippen LogP contribution in [-0.2, 0) is 0 Å². The van der Waals surface area contributed by atoms with Crippen molar-refractivity contribution in [2.75, 3.05) is 33.4 Å². The molecular formula is C19H23FN2O3. The first-order valence-corrected chi connectivity index (χ1v) is 8.11. The van der Waals surface area contributed by atoms with E-state index < -0.39 is 0 Å². The van der Waals surface area contributed by atoms with Crippen LogP contribution < -0.4 is 14.8 Å². The quantitative estimate of drug-likeness (QED) is 0.747. The Morgan fingerprint density at radius 2 is 1.80 bits per heavy atom. The second-order valence-corrected chi connectivity index (χ2v) is 5.62. The highest BCUT2D eigenvalue weighted by Crippen LogP contribution is 2.12. The first-order chi connectivity index (χ1) is 12.0. The van der Waals surface area contributed by atoms with Crippen LogP contribution in [0.25, 0.3) is 0 Å². The average Bonchev–Trinajstić information content (AvgIpc) is 2.60. The van der Waals surface area contributed by atoms with Gasteiger partial charge in [-0.3, -0.25) is 0 Å². The van der Waals surface area contributed by atoms with Gasteiger partial charge in [-0.25, -0.2) is 9.18 Å². The summed E-state index contributed by atoms with van der Waals surface area (Å²) in [5.74, 6) is 1.05. The minimum Gasteiger partial charge on any atom is -0.492 e. The van der Waals surface area contributed by atoms with Crippen molar-refractivity contribution >= 4 is 6.03 Å². The maximum absolute atomic E-state index is 12.8. The van der Waals surface area contributed by atoms with E-state index >= 15 is 0 Å². The SMILES string of the molecule is Cc1cccc(OCCNC(=O)N(C)CCOc2ccc(F)cc2)c1. The van der Waals surface area contributed by atoms with Gasteiger partial charge in [0.05, 0.1) is 13.1 Å². The summed E-state index contributed by atoms with van der Waals surface area (Å²) < 4.78 is 23.8. The normalized spacial score (nSPS) is 10.2. The first kappa shape index (κ1) is 18.6. The second kappa shape index (κ2) is 9.52. The predicted octanol–water partition coefficient (Wildman–Crippen LogP) is 3.23. The number of carbonyl (C=O) groups is 1. The van der Waals surface area contributed by atoms with Crippen LogP contribution in [-0.4, -0.2) is 44.3 Å². The van der Waals surface area contributed by atoms with Gasteiger partial charge < -0.3 is 19.7 Å². The van der Waals surface area contributed by atoms with Gasteiger partial charge in [-0.15, -0.1) is 0 Å². The molecule has 2 aromatic carbocycles. The van der Waals surface area contributed by atoms with Crippen LogP contribution in [0.2, 0.25) is 0 Å². The zero-order valence-electron chi connectivity index (χ0n) is 14.5. The Labute approximate surface area is 147 Å². The van der Waals surface area contributed by atoms with E-state index in [0.29, 0.717) is 32.1 Å². The van der Waals surface area contributed by atoms with Crippen molar-refractivity contribution in [1.82, 2.24) is 10.2 Å². The summed E-state index contributed by atoms with van der Waals surface area (Å²) >= 11 is 0. The van der Waals surface area contributed by atoms with Crippen LogP contribution >= 0.6 is 0 Å². The van der Waals surface area contributed by atoms with Gasteiger partial charge in [0.1, 0.15) is 30.5 Å². The van der Waals surface area contributed by atoms with Crippen molar-refractivity contribution in [3.63, 3.8) is 0 Å². The Morgan fingerprint density at radius 1 is 1.08 bits per heavy atom. The molecule has 0 fully saturated rings. The van der Waals surface area contributed by atoms with Crippen LogP contribution in [0, 0.1) is 12.7 Å². The van der Waals surface area contributed by atoms with E-state index in [4.69, 9.17) is 9.47 Å². The molecule has 0 heterocycles. The Hall–Kier alpha value is -2.76. The van der Waals surface area contributed by atoms with Crippen molar-refractivity contribution in [2.24, 2.45) is 0 Å². The highest BCUT2D eigenvalue weighted by atomic mass is 19.1. The topological polar surface area (TPSA) is 50.8 Å². The highest BCUT2D eigenvalue weighted by Gasteiger charge is 2.07. The summed E-state index contributed by atoms with van der Waals surface area (Å²) in [7, 11) is 1.69. The molecule has 0 radical (unpaired) electrons. The molecule has 0 saturated carbocycles. The number of hydrogen-bond acceptors (Lipinski definition) is 3. The summed E-state index contributed by atoms with van der Waals surface area (Å²) in [5.41, 5.74) is 1.13. The van der Waals surface area contributed by atoms with Crippen molar-refractivity contribution in [3.05, 3.63) is 59.9 Å². The Bertz CT molecular complexity index is 677. The minimum atomic E-state index is -0.309. The van der Waals surface area contributed by atoms with Gasteiger partial charge in [0.2, 0.25) is 0 Å². The van der Waals surface area contributed by atoms with Crippen LogP contribution in [0.1, 0.15) is 5.56 Å². The van der Waals surface area contributed by atoms with Crippen molar-refractivity contribution < 1.29 is 18.7 Å². The third-order valence-corrected chi connectivity index (χ3v) is 3.49. The number of halogens is 1. The lowest BCUT2D eigenvalue weighted by molar-refractivity contribution is 0.192. The number of nitrogens with one attached hydrogen (secondary N) is 1. The second-order valence-electron chi connectivity index (χ2n) is 5.62. The van der Waals surface area contributed by atoms with Crippen LogP contribution in [0.4, 0.5) is 9.18 Å². The number of nitrogens with zero attached hydrogens (tertiary/aromatic N) is 1. The molecule has 0 bridgehead atoms. The number of amides is 2. The van der Waals surface area contributed by atoms with E-state index in [2.05, 4.69) is 5.32 Å². The number of urea groups is 1. The fraction of sp³-hybridized carbons (Fsp3) is 0.316. The highest BCUT2D eigenvalue weighted by molar-refractivity contribution is 5.73. The molecular weight excluding hydrogens is 323 g/mol. The first-order valence-electron chi connectivity index (χ1n) is 8.11. The molecule has 0 aliphatic rings. The van der Waals surface area contributed by atoms with Crippen molar-refractivity contribution in [1.29, 1.82) is 0 Å². The molecule has 0 saturated heterocycles. The lowest BCUT2D eigenvalue weighted by Gasteiger charge is -2.18. The van der Waals surface area contributed by atoms with Gasteiger partial charge in [-0.2, -0.15) is 0 Å². The fourth-order valence-electron chi connectivity index (χ4n) is 2.10. The van der Waals surface area contributed by atoms with Gasteiger partial charge in [-0.05, 0) is 48.9 Å². The largest absolute Gasteiger partial charge is 0.492 e. The number of hydrogen-bond donors (Lipinski definition) is 1. The summed E-state index contributed by atoms with van der Waals surface area (Å²) in [5, 5.41) is 2.78. The van der Waals surface area contributed by atoms with Gasteiger partial charge in [0.25, 0.3) is 0 Å². The summed E-state index contributed by atoms with van der Waals surface area (Å²) in [4.78, 5) is 13.5. The Kier molecular flexibility index (Phi) is 7.07. The molecule has 134 valence electrons. The molecule has 2 amide bonds. The van der Waals surface area contributed by atoms with Crippen LogP contribution in [0.3, 0.4) is 0 Å². The molecule has 1 N–H and O–H groups in total. The van der Waals surface area contributed by atoms with Crippen LogP contribution in [0.15, 0.2) is 48.5 Å². The molecule has 25 heavy (non-hydrogen) atoms. The third kappa shape index (κ3) is 6.71.